The minimum Gasteiger partial charge on any atom is -0.348 e. The topological polar surface area (TPSA) is 64.6 Å². The van der Waals surface area contributed by atoms with Crippen molar-refractivity contribution in [3.8, 4) is 0 Å². The molecule has 20 heavy (non-hydrogen) atoms. The highest BCUT2D eigenvalue weighted by atomic mass is 35.5. The van der Waals surface area contributed by atoms with Crippen molar-refractivity contribution in [1.82, 2.24) is 4.72 Å². The molecule has 5 nitrogen and oxygen atoms in total. The number of benzene rings is 1. The van der Waals surface area contributed by atoms with E-state index in [1.807, 2.05) is 6.92 Å². The van der Waals surface area contributed by atoms with Crippen molar-refractivity contribution in [2.24, 2.45) is 0 Å². The largest absolute Gasteiger partial charge is 0.348 e. The lowest BCUT2D eigenvalue weighted by atomic mass is 10.2. The van der Waals surface area contributed by atoms with E-state index in [0.29, 0.717) is 11.6 Å². The fourth-order valence-electron chi connectivity index (χ4n) is 1.89. The van der Waals surface area contributed by atoms with Gasteiger partial charge in [0.2, 0.25) is 10.0 Å². The van der Waals surface area contributed by atoms with E-state index in [1.54, 1.807) is 19.9 Å². The number of aryl methyl sites for hydroxylation is 1. The van der Waals surface area contributed by atoms with E-state index in [9.17, 15) is 8.42 Å². The predicted molar refractivity (Wildman–Crippen MR) is 76.3 cm³/mol. The van der Waals surface area contributed by atoms with E-state index in [-0.39, 0.29) is 17.5 Å². The summed E-state index contributed by atoms with van der Waals surface area (Å²) >= 11 is 5.95. The molecule has 0 saturated carbocycles. The van der Waals surface area contributed by atoms with Crippen LogP contribution in [-0.2, 0) is 19.5 Å². The van der Waals surface area contributed by atoms with Crippen LogP contribution in [-0.4, -0.2) is 33.5 Å². The number of hydrogen-bond donors (Lipinski definition) is 1. The molecule has 0 aliphatic carbocycles. The summed E-state index contributed by atoms with van der Waals surface area (Å²) in [4.78, 5) is 0.145. The van der Waals surface area contributed by atoms with E-state index in [2.05, 4.69) is 4.72 Å². The molecular weight excluding hydrogens is 302 g/mol. The van der Waals surface area contributed by atoms with E-state index in [4.69, 9.17) is 21.1 Å². The Morgan fingerprint density at radius 3 is 2.70 bits per heavy atom. The van der Waals surface area contributed by atoms with Gasteiger partial charge in [-0.15, -0.1) is 0 Å². The normalized spacial score (nSPS) is 22.1. The molecule has 2 rings (SSSR count). The SMILES string of the molecule is Cc1ccc(S(=O)(=O)NCC2COC(C)(C)O2)cc1Cl. The Morgan fingerprint density at radius 1 is 1.45 bits per heavy atom. The monoisotopic (exact) mass is 319 g/mol. The summed E-state index contributed by atoms with van der Waals surface area (Å²) in [6.45, 7) is 5.93. The van der Waals surface area contributed by atoms with Gasteiger partial charge in [-0.1, -0.05) is 17.7 Å². The third-order valence-electron chi connectivity index (χ3n) is 3.02. The Morgan fingerprint density at radius 2 is 2.15 bits per heavy atom. The molecular formula is C13H18ClNO4S. The minimum atomic E-state index is -3.59. The van der Waals surface area contributed by atoms with Crippen molar-refractivity contribution in [3.05, 3.63) is 28.8 Å². The van der Waals surface area contributed by atoms with Crippen LogP contribution in [0.2, 0.25) is 5.02 Å². The first-order chi connectivity index (χ1) is 9.20. The zero-order valence-corrected chi connectivity index (χ0v) is 13.2. The van der Waals surface area contributed by atoms with Gasteiger partial charge in [-0.2, -0.15) is 0 Å². The fourth-order valence-corrected chi connectivity index (χ4v) is 3.23. The lowest BCUT2D eigenvalue weighted by molar-refractivity contribution is -0.137. The molecule has 1 fully saturated rings. The van der Waals surface area contributed by atoms with Gasteiger partial charge in [0.25, 0.3) is 0 Å². The van der Waals surface area contributed by atoms with Crippen LogP contribution in [0.25, 0.3) is 0 Å². The molecule has 1 saturated heterocycles. The summed E-state index contributed by atoms with van der Waals surface area (Å²) in [6.07, 6.45) is -0.291. The second-order valence-electron chi connectivity index (χ2n) is 5.21. The number of halogens is 1. The first kappa shape index (κ1) is 15.7. The van der Waals surface area contributed by atoms with Gasteiger partial charge < -0.3 is 9.47 Å². The lowest BCUT2D eigenvalue weighted by Gasteiger charge is -2.17. The second-order valence-corrected chi connectivity index (χ2v) is 7.39. The van der Waals surface area contributed by atoms with E-state index in [1.165, 1.54) is 12.1 Å². The molecule has 1 aliphatic heterocycles. The third kappa shape index (κ3) is 3.71. The first-order valence-corrected chi connectivity index (χ1v) is 8.13. The quantitative estimate of drug-likeness (QED) is 0.923. The molecule has 1 atom stereocenters. The zero-order chi connectivity index (χ0) is 15.0. The van der Waals surface area contributed by atoms with Crippen LogP contribution in [0.1, 0.15) is 19.4 Å². The maximum Gasteiger partial charge on any atom is 0.240 e. The van der Waals surface area contributed by atoms with Gasteiger partial charge in [0.1, 0.15) is 0 Å². The van der Waals surface area contributed by atoms with Gasteiger partial charge in [-0.05, 0) is 38.5 Å². The van der Waals surface area contributed by atoms with Gasteiger partial charge in [0.15, 0.2) is 5.79 Å². The molecule has 1 heterocycles. The molecule has 1 N–H and O–H groups in total. The van der Waals surface area contributed by atoms with Crippen LogP contribution in [0.15, 0.2) is 23.1 Å². The van der Waals surface area contributed by atoms with Crippen molar-refractivity contribution >= 4 is 21.6 Å². The van der Waals surface area contributed by atoms with Gasteiger partial charge >= 0.3 is 0 Å². The maximum absolute atomic E-state index is 12.1. The molecule has 7 heteroatoms. The molecule has 0 aromatic heterocycles. The average molecular weight is 320 g/mol. The molecule has 1 unspecified atom stereocenters. The smallest absolute Gasteiger partial charge is 0.240 e. The summed E-state index contributed by atoms with van der Waals surface area (Å²) in [7, 11) is -3.59. The van der Waals surface area contributed by atoms with Crippen molar-refractivity contribution in [1.29, 1.82) is 0 Å². The second kappa shape index (κ2) is 5.61. The van der Waals surface area contributed by atoms with Gasteiger partial charge in [0, 0.05) is 11.6 Å². The van der Waals surface area contributed by atoms with E-state index < -0.39 is 15.8 Å². The van der Waals surface area contributed by atoms with Crippen molar-refractivity contribution in [3.63, 3.8) is 0 Å². The van der Waals surface area contributed by atoms with Crippen molar-refractivity contribution in [2.45, 2.75) is 37.6 Å². The van der Waals surface area contributed by atoms with Gasteiger partial charge in [-0.3, -0.25) is 0 Å². The summed E-state index contributed by atoms with van der Waals surface area (Å²) < 4.78 is 37.7. The van der Waals surface area contributed by atoms with E-state index in [0.717, 1.165) is 5.56 Å². The molecule has 112 valence electrons. The van der Waals surface area contributed by atoms with Crippen LogP contribution in [0.3, 0.4) is 0 Å². The fraction of sp³-hybridized carbons (Fsp3) is 0.538. The summed E-state index contributed by atoms with van der Waals surface area (Å²) in [6, 6.07) is 4.64. The van der Waals surface area contributed by atoms with Crippen LogP contribution in [0.5, 0.6) is 0 Å². The Balaban J connectivity index is 2.03. The molecule has 1 aromatic carbocycles. The van der Waals surface area contributed by atoms with Gasteiger partial charge in [0.05, 0.1) is 17.6 Å². The number of ether oxygens (including phenoxy) is 2. The summed E-state index contributed by atoms with van der Waals surface area (Å²) in [5.41, 5.74) is 0.833. The number of sulfonamides is 1. The van der Waals surface area contributed by atoms with Crippen LogP contribution >= 0.6 is 11.6 Å². The zero-order valence-electron chi connectivity index (χ0n) is 11.6. The standard InChI is InChI=1S/C13H18ClNO4S/c1-9-4-5-11(6-12(9)14)20(16,17)15-7-10-8-18-13(2,3)19-10/h4-6,10,15H,7-8H2,1-3H3. The highest BCUT2D eigenvalue weighted by Gasteiger charge is 2.33. The number of nitrogens with one attached hydrogen (secondary N) is 1. The molecule has 1 aromatic rings. The number of hydrogen-bond acceptors (Lipinski definition) is 4. The first-order valence-electron chi connectivity index (χ1n) is 6.27. The Kier molecular flexibility index (Phi) is 4.41. The van der Waals surface area contributed by atoms with Crippen molar-refractivity contribution < 1.29 is 17.9 Å². The highest BCUT2D eigenvalue weighted by Crippen LogP contribution is 2.23. The van der Waals surface area contributed by atoms with Crippen LogP contribution < -0.4 is 4.72 Å². The third-order valence-corrected chi connectivity index (χ3v) is 4.85. The summed E-state index contributed by atoms with van der Waals surface area (Å²) in [5.74, 6) is -0.663. The summed E-state index contributed by atoms with van der Waals surface area (Å²) in [5, 5.41) is 0.425. The van der Waals surface area contributed by atoms with Crippen molar-refractivity contribution in [2.75, 3.05) is 13.2 Å². The molecule has 1 aliphatic rings. The van der Waals surface area contributed by atoms with Gasteiger partial charge in [-0.25, -0.2) is 13.1 Å². The average Bonchev–Trinajstić information content (AvgIpc) is 2.70. The highest BCUT2D eigenvalue weighted by molar-refractivity contribution is 7.89. The predicted octanol–water partition coefficient (Wildman–Crippen LogP) is 2.08. The van der Waals surface area contributed by atoms with Crippen LogP contribution in [0.4, 0.5) is 0 Å². The Bertz CT molecular complexity index is 600. The maximum atomic E-state index is 12.1. The number of rotatable bonds is 4. The Labute approximate surface area is 124 Å². The molecule has 0 radical (unpaired) electrons. The molecule has 0 spiro atoms. The molecule has 0 amide bonds. The Hall–Kier alpha value is -0.660. The lowest BCUT2D eigenvalue weighted by Crippen LogP contribution is -2.34. The van der Waals surface area contributed by atoms with E-state index >= 15 is 0 Å². The minimum absolute atomic E-state index is 0.145. The van der Waals surface area contributed by atoms with Crippen LogP contribution in [0, 0.1) is 6.92 Å². The molecule has 0 bridgehead atoms.